The van der Waals surface area contributed by atoms with Gasteiger partial charge in [0.25, 0.3) is 0 Å². The van der Waals surface area contributed by atoms with Crippen LogP contribution in [0, 0.1) is 55.4 Å². The molecule has 2 aliphatic rings. The van der Waals surface area contributed by atoms with Crippen molar-refractivity contribution in [1.29, 1.82) is 0 Å². The Balaban J connectivity index is 0.000000217. The van der Waals surface area contributed by atoms with Crippen LogP contribution in [0.4, 0.5) is 0 Å². The van der Waals surface area contributed by atoms with Gasteiger partial charge in [0, 0.05) is 32.2 Å². The number of benzene rings is 2. The van der Waals surface area contributed by atoms with E-state index in [9.17, 15) is 10.2 Å². The van der Waals surface area contributed by atoms with Gasteiger partial charge in [0.05, 0.1) is 12.2 Å². The molecule has 5 rings (SSSR count). The first-order valence-electron chi connectivity index (χ1n) is 15.5. The summed E-state index contributed by atoms with van der Waals surface area (Å²) >= 11 is 0. The minimum Gasteiger partial charge on any atom is -0.392 e. The van der Waals surface area contributed by atoms with Gasteiger partial charge in [-0.1, -0.05) is 91.5 Å². The van der Waals surface area contributed by atoms with Gasteiger partial charge in [-0.25, -0.2) is 0 Å². The van der Waals surface area contributed by atoms with E-state index in [1.54, 1.807) is 0 Å². The zero-order chi connectivity index (χ0) is 28.1. The fraction of sp³-hybridized carbons (Fsp3) is 0.583. The molecule has 0 aliphatic heterocycles. The molecule has 1 radical (unpaired) electrons. The second kappa shape index (κ2) is 15.1. The fourth-order valence-corrected chi connectivity index (χ4v) is 8.00. The third kappa shape index (κ3) is 7.06. The summed E-state index contributed by atoms with van der Waals surface area (Å²) in [6.45, 7) is 13.1. The van der Waals surface area contributed by atoms with Gasteiger partial charge < -0.3 is 15.2 Å². The molecule has 40 heavy (non-hydrogen) atoms. The van der Waals surface area contributed by atoms with Crippen molar-refractivity contribution in [3.8, 4) is 11.3 Å². The van der Waals surface area contributed by atoms with Gasteiger partial charge in [-0.3, -0.25) is 0 Å². The molecule has 0 amide bonds. The molecule has 0 saturated heterocycles. The van der Waals surface area contributed by atoms with Crippen molar-refractivity contribution in [2.75, 3.05) is 0 Å². The molecule has 6 atom stereocenters. The molecule has 1 aromatic heterocycles. The molecule has 3 aromatic rings. The van der Waals surface area contributed by atoms with Crippen molar-refractivity contribution in [3.05, 3.63) is 65.9 Å². The average Bonchev–Trinajstić information content (AvgIpc) is 3.27. The van der Waals surface area contributed by atoms with E-state index in [4.69, 9.17) is 0 Å². The number of fused-ring (bicyclic) bond motifs is 2. The first-order chi connectivity index (χ1) is 18.8. The van der Waals surface area contributed by atoms with Crippen molar-refractivity contribution in [2.24, 2.45) is 35.5 Å². The van der Waals surface area contributed by atoms with Crippen molar-refractivity contribution >= 4 is 10.8 Å². The second-order valence-corrected chi connectivity index (χ2v) is 12.2. The topological polar surface area (TPSA) is 53.4 Å². The van der Waals surface area contributed by atoms with Crippen LogP contribution in [-0.4, -0.2) is 27.4 Å². The Kier molecular flexibility index (Phi) is 12.4. The van der Waals surface area contributed by atoms with Crippen LogP contribution < -0.4 is 0 Å². The SMILES string of the molecule is CCC(CC)[C@H]1CCC2C[C@@H](C(CC)CC)C(O)C2C1O.Cc1[c-]c(-c2nccc3ccccc23)cc(C)c1.[Ir]. The van der Waals surface area contributed by atoms with E-state index in [0.717, 1.165) is 55.3 Å². The van der Waals surface area contributed by atoms with Crippen LogP contribution in [-0.2, 0) is 20.1 Å². The van der Waals surface area contributed by atoms with Gasteiger partial charge >= 0.3 is 0 Å². The normalized spacial score (nSPS) is 25.9. The number of aryl methyl sites for hydroxylation is 2. The summed E-state index contributed by atoms with van der Waals surface area (Å²) in [6, 6.07) is 18.0. The Morgan fingerprint density at radius 1 is 0.850 bits per heavy atom. The van der Waals surface area contributed by atoms with Gasteiger partial charge in [-0.05, 0) is 71.4 Å². The molecule has 221 valence electrons. The predicted molar refractivity (Wildman–Crippen MR) is 163 cm³/mol. The molecule has 2 N–H and O–H groups in total. The minimum atomic E-state index is -0.275. The van der Waals surface area contributed by atoms with Crippen LogP contribution in [0.25, 0.3) is 22.0 Å². The molecule has 4 unspecified atom stereocenters. The van der Waals surface area contributed by atoms with E-state index in [1.807, 2.05) is 12.3 Å². The summed E-state index contributed by atoms with van der Waals surface area (Å²) in [5.74, 6) is 2.80. The van der Waals surface area contributed by atoms with E-state index >= 15 is 0 Å². The van der Waals surface area contributed by atoms with Crippen LogP contribution in [0.2, 0.25) is 0 Å². The first-order valence-corrected chi connectivity index (χ1v) is 15.5. The molecule has 0 spiro atoms. The van der Waals surface area contributed by atoms with Gasteiger partial charge in [0.2, 0.25) is 0 Å². The number of aliphatic hydroxyl groups excluding tert-OH is 2. The number of nitrogens with zero attached hydrogens (tertiary/aromatic N) is 1. The maximum absolute atomic E-state index is 10.9. The van der Waals surface area contributed by atoms with Gasteiger partial charge in [0.15, 0.2) is 0 Å². The summed E-state index contributed by atoms with van der Waals surface area (Å²) in [5.41, 5.74) is 4.49. The molecule has 0 bridgehead atoms. The molecule has 2 aliphatic carbocycles. The summed E-state index contributed by atoms with van der Waals surface area (Å²) in [6.07, 6.45) is 9.47. The largest absolute Gasteiger partial charge is 0.392 e. The third-order valence-corrected chi connectivity index (χ3v) is 10.0. The summed E-state index contributed by atoms with van der Waals surface area (Å²) in [4.78, 5) is 4.53. The molecule has 2 aromatic carbocycles. The Labute approximate surface area is 256 Å². The van der Waals surface area contributed by atoms with Crippen molar-refractivity contribution < 1.29 is 30.3 Å². The van der Waals surface area contributed by atoms with E-state index in [-0.39, 0.29) is 38.2 Å². The van der Waals surface area contributed by atoms with E-state index in [1.165, 1.54) is 22.8 Å². The zero-order valence-electron chi connectivity index (χ0n) is 25.4. The Morgan fingerprint density at radius 3 is 2.12 bits per heavy atom. The monoisotopic (exact) mass is 721 g/mol. The molecule has 2 fully saturated rings. The second-order valence-electron chi connectivity index (χ2n) is 12.2. The van der Waals surface area contributed by atoms with Crippen LogP contribution >= 0.6 is 0 Å². The predicted octanol–water partition coefficient (Wildman–Crippen LogP) is 8.56. The smallest absolute Gasteiger partial charge is 0.0626 e. The Bertz CT molecular complexity index is 1170. The molecule has 3 nitrogen and oxygen atoms in total. The van der Waals surface area contributed by atoms with Crippen molar-refractivity contribution in [3.63, 3.8) is 0 Å². The average molecular weight is 721 g/mol. The number of pyridine rings is 1. The van der Waals surface area contributed by atoms with E-state index < -0.39 is 0 Å². The standard InChI is InChI=1S/C19H36O2.C17H14N.Ir/c1-5-12(6-2)15-10-9-14-11-16(13(7-3)8-4)19(21)17(14)18(15)20;1-12-9-13(2)11-15(10-12)17-16-6-4-3-5-14(16)7-8-18-17;/h12-21H,5-11H2,1-4H3;3-10H,1-2H3;/q;-1;/t14?,15-,16+,17?,18?,19?;;/m1../s1. The fourth-order valence-electron chi connectivity index (χ4n) is 8.00. The van der Waals surface area contributed by atoms with Crippen LogP contribution in [0.3, 0.4) is 0 Å². The van der Waals surface area contributed by atoms with Gasteiger partial charge in [-0.15, -0.1) is 34.9 Å². The Morgan fingerprint density at radius 2 is 1.48 bits per heavy atom. The summed E-state index contributed by atoms with van der Waals surface area (Å²) < 4.78 is 0. The Hall–Kier alpha value is -1.58. The third-order valence-electron chi connectivity index (χ3n) is 10.0. The number of aliphatic hydroxyl groups is 2. The van der Waals surface area contributed by atoms with Gasteiger partial charge in [-0.2, -0.15) is 0 Å². The van der Waals surface area contributed by atoms with Crippen LogP contribution in [0.5, 0.6) is 0 Å². The first kappa shape index (κ1) is 32.9. The molecule has 1 heterocycles. The van der Waals surface area contributed by atoms with Crippen molar-refractivity contribution in [2.45, 2.75) is 98.7 Å². The quantitative estimate of drug-likeness (QED) is 0.241. The van der Waals surface area contributed by atoms with Gasteiger partial charge in [0.1, 0.15) is 0 Å². The van der Waals surface area contributed by atoms with Crippen LogP contribution in [0.15, 0.2) is 48.7 Å². The van der Waals surface area contributed by atoms with E-state index in [2.05, 4.69) is 89.0 Å². The van der Waals surface area contributed by atoms with Crippen LogP contribution in [0.1, 0.15) is 83.8 Å². The maximum Gasteiger partial charge on any atom is 0.0626 e. The maximum atomic E-state index is 10.9. The molecule has 2 saturated carbocycles. The molecular formula is C36H50IrNO2-. The summed E-state index contributed by atoms with van der Waals surface area (Å²) in [7, 11) is 0. The summed E-state index contributed by atoms with van der Waals surface area (Å²) in [5, 5.41) is 24.2. The number of hydrogen-bond acceptors (Lipinski definition) is 3. The number of aromatic nitrogens is 1. The zero-order valence-corrected chi connectivity index (χ0v) is 27.8. The minimum absolute atomic E-state index is 0. The van der Waals surface area contributed by atoms with E-state index in [0.29, 0.717) is 29.6 Å². The molecular weight excluding hydrogens is 671 g/mol. The number of hydrogen-bond donors (Lipinski definition) is 2. The van der Waals surface area contributed by atoms with Crippen molar-refractivity contribution in [1.82, 2.24) is 4.98 Å². The number of rotatable bonds is 7. The molecule has 4 heteroatoms.